The number of amides is 1. The number of primary amides is 1. The zero-order valence-corrected chi connectivity index (χ0v) is 11.7. The number of nitrogens with two attached hydrogens (primary N) is 1. The van der Waals surface area contributed by atoms with Gasteiger partial charge in [0.05, 0.1) is 19.3 Å². The molecule has 1 aromatic carbocycles. The predicted octanol–water partition coefficient (Wildman–Crippen LogP) is 0.881. The van der Waals surface area contributed by atoms with Crippen LogP contribution in [-0.4, -0.2) is 40.6 Å². The fraction of sp³-hybridized carbons (Fsp3) is 0.357. The average Bonchev–Trinajstić information content (AvgIpc) is 2.97. The highest BCUT2D eigenvalue weighted by atomic mass is 19.1. The molecule has 0 bridgehead atoms. The molecule has 0 spiro atoms. The largest absolute Gasteiger partial charge is 0.371 e. The van der Waals surface area contributed by atoms with E-state index in [2.05, 4.69) is 15.0 Å². The molecule has 1 atom stereocenters. The average molecular weight is 306 g/mol. The van der Waals surface area contributed by atoms with E-state index >= 15 is 0 Å². The number of nitrogens with zero attached hydrogens (tertiary/aromatic N) is 3. The van der Waals surface area contributed by atoms with Crippen LogP contribution in [0.3, 0.4) is 0 Å². The molecule has 1 saturated heterocycles. The van der Waals surface area contributed by atoms with Gasteiger partial charge in [0.15, 0.2) is 0 Å². The summed E-state index contributed by atoms with van der Waals surface area (Å²) in [5, 5.41) is 3.51. The summed E-state index contributed by atoms with van der Waals surface area (Å²) in [5.74, 6) is -0.797. The van der Waals surface area contributed by atoms with Gasteiger partial charge in [-0.1, -0.05) is 17.3 Å². The number of carbonyl (C=O) groups is 1. The summed E-state index contributed by atoms with van der Waals surface area (Å²) >= 11 is 0. The van der Waals surface area contributed by atoms with Gasteiger partial charge in [-0.2, -0.15) is 4.98 Å². The first-order valence-electron chi connectivity index (χ1n) is 6.83. The quantitative estimate of drug-likeness (QED) is 0.901. The third kappa shape index (κ3) is 3.29. The molecule has 1 aliphatic rings. The Bertz CT molecular complexity index is 658. The zero-order chi connectivity index (χ0) is 15.5. The molecule has 0 radical (unpaired) electrons. The van der Waals surface area contributed by atoms with Crippen molar-refractivity contribution >= 4 is 5.91 Å². The van der Waals surface area contributed by atoms with Crippen molar-refractivity contribution in [1.29, 1.82) is 0 Å². The van der Waals surface area contributed by atoms with E-state index in [4.69, 9.17) is 15.0 Å². The summed E-state index contributed by atoms with van der Waals surface area (Å²) < 4.78 is 23.7. The van der Waals surface area contributed by atoms with Crippen molar-refractivity contribution < 1.29 is 18.4 Å². The summed E-state index contributed by atoms with van der Waals surface area (Å²) in [4.78, 5) is 16.9. The summed E-state index contributed by atoms with van der Waals surface area (Å²) in [7, 11) is 0. The van der Waals surface area contributed by atoms with Crippen molar-refractivity contribution in [2.24, 2.45) is 5.73 Å². The lowest BCUT2D eigenvalue weighted by Crippen LogP contribution is -2.37. The number of morpholine rings is 1. The van der Waals surface area contributed by atoms with Gasteiger partial charge in [0, 0.05) is 13.1 Å². The van der Waals surface area contributed by atoms with Gasteiger partial charge < -0.3 is 15.0 Å². The maximum atomic E-state index is 13.0. The third-order valence-electron chi connectivity index (χ3n) is 3.44. The molecule has 1 aromatic heterocycles. The SMILES string of the molecule is NC(=O)c1noc(CN2CCOC(c3ccc(F)cc3)C2)n1. The number of aromatic nitrogens is 2. The van der Waals surface area contributed by atoms with Crippen LogP contribution in [0, 0.1) is 5.82 Å². The zero-order valence-electron chi connectivity index (χ0n) is 11.7. The van der Waals surface area contributed by atoms with Gasteiger partial charge in [0.1, 0.15) is 5.82 Å². The Morgan fingerprint density at radius 1 is 1.41 bits per heavy atom. The highest BCUT2D eigenvalue weighted by molar-refractivity contribution is 5.88. The van der Waals surface area contributed by atoms with Crippen LogP contribution in [0.5, 0.6) is 0 Å². The molecule has 7 nitrogen and oxygen atoms in total. The molecule has 8 heteroatoms. The van der Waals surface area contributed by atoms with Crippen molar-refractivity contribution in [2.75, 3.05) is 19.7 Å². The minimum atomic E-state index is -0.721. The fourth-order valence-electron chi connectivity index (χ4n) is 2.34. The molecule has 0 aliphatic carbocycles. The van der Waals surface area contributed by atoms with Crippen molar-refractivity contribution in [3.63, 3.8) is 0 Å². The standard InChI is InChI=1S/C14H15FN4O3/c15-10-3-1-9(2-4-10)11-7-19(5-6-21-11)8-12-17-14(13(16)20)18-22-12/h1-4,11H,5-8H2,(H2,16,20). The highest BCUT2D eigenvalue weighted by Gasteiger charge is 2.24. The van der Waals surface area contributed by atoms with E-state index in [1.54, 1.807) is 12.1 Å². The molecule has 0 saturated carbocycles. The minimum absolute atomic E-state index is 0.127. The van der Waals surface area contributed by atoms with Crippen LogP contribution in [-0.2, 0) is 11.3 Å². The lowest BCUT2D eigenvalue weighted by molar-refractivity contribution is -0.0356. The molecule has 2 aromatic rings. The van der Waals surface area contributed by atoms with E-state index in [0.29, 0.717) is 32.1 Å². The fourth-order valence-corrected chi connectivity index (χ4v) is 2.34. The molecule has 3 rings (SSSR count). The van der Waals surface area contributed by atoms with Crippen LogP contribution in [0.2, 0.25) is 0 Å². The first kappa shape index (κ1) is 14.6. The van der Waals surface area contributed by atoms with Crippen molar-refractivity contribution in [1.82, 2.24) is 15.0 Å². The van der Waals surface area contributed by atoms with Crippen LogP contribution < -0.4 is 5.73 Å². The summed E-state index contributed by atoms with van der Waals surface area (Å²) in [6, 6.07) is 6.24. The van der Waals surface area contributed by atoms with E-state index in [1.165, 1.54) is 12.1 Å². The molecule has 1 aliphatic heterocycles. The van der Waals surface area contributed by atoms with Gasteiger partial charge in [0.25, 0.3) is 11.7 Å². The van der Waals surface area contributed by atoms with Gasteiger partial charge >= 0.3 is 0 Å². The third-order valence-corrected chi connectivity index (χ3v) is 3.44. The van der Waals surface area contributed by atoms with Crippen LogP contribution in [0.1, 0.15) is 28.2 Å². The molecule has 2 N–H and O–H groups in total. The summed E-state index contributed by atoms with van der Waals surface area (Å²) in [6.07, 6.45) is -0.145. The van der Waals surface area contributed by atoms with Crippen molar-refractivity contribution in [2.45, 2.75) is 12.6 Å². The molecular formula is C14H15FN4O3. The van der Waals surface area contributed by atoms with Crippen molar-refractivity contribution in [3.8, 4) is 0 Å². The number of benzene rings is 1. The topological polar surface area (TPSA) is 94.5 Å². The van der Waals surface area contributed by atoms with Gasteiger partial charge in [-0.3, -0.25) is 9.69 Å². The Hall–Kier alpha value is -2.32. The first-order chi connectivity index (χ1) is 10.6. The lowest BCUT2D eigenvalue weighted by Gasteiger charge is -2.32. The second-order valence-corrected chi connectivity index (χ2v) is 5.02. The van der Waals surface area contributed by atoms with Crippen molar-refractivity contribution in [3.05, 3.63) is 47.4 Å². The van der Waals surface area contributed by atoms with Crippen LogP contribution in [0.25, 0.3) is 0 Å². The summed E-state index contributed by atoms with van der Waals surface area (Å²) in [5.41, 5.74) is 5.99. The molecule has 1 unspecified atom stereocenters. The number of hydrogen-bond donors (Lipinski definition) is 1. The predicted molar refractivity (Wildman–Crippen MR) is 73.2 cm³/mol. The summed E-state index contributed by atoms with van der Waals surface area (Å²) in [6.45, 7) is 2.26. The normalized spacial score (nSPS) is 19.2. The molecule has 2 heterocycles. The molecule has 116 valence electrons. The van der Waals surface area contributed by atoms with Crippen LogP contribution >= 0.6 is 0 Å². The van der Waals surface area contributed by atoms with E-state index in [0.717, 1.165) is 5.56 Å². The van der Waals surface area contributed by atoms with E-state index in [1.807, 2.05) is 0 Å². The van der Waals surface area contributed by atoms with Gasteiger partial charge in [-0.05, 0) is 17.7 Å². The molecule has 1 amide bonds. The molecular weight excluding hydrogens is 291 g/mol. The second kappa shape index (κ2) is 6.20. The second-order valence-electron chi connectivity index (χ2n) is 5.02. The molecule has 1 fully saturated rings. The lowest BCUT2D eigenvalue weighted by atomic mass is 10.1. The minimum Gasteiger partial charge on any atom is -0.371 e. The maximum absolute atomic E-state index is 13.0. The van der Waals surface area contributed by atoms with Gasteiger partial charge in [0.2, 0.25) is 5.89 Å². The number of ether oxygens (including phenoxy) is 1. The van der Waals surface area contributed by atoms with Crippen LogP contribution in [0.15, 0.2) is 28.8 Å². The van der Waals surface area contributed by atoms with Crippen LogP contribution in [0.4, 0.5) is 4.39 Å². The van der Waals surface area contributed by atoms with Gasteiger partial charge in [-0.15, -0.1) is 0 Å². The Morgan fingerprint density at radius 2 is 2.18 bits per heavy atom. The Balaban J connectivity index is 1.65. The number of halogens is 1. The monoisotopic (exact) mass is 306 g/mol. The van der Waals surface area contributed by atoms with Gasteiger partial charge in [-0.25, -0.2) is 4.39 Å². The first-order valence-corrected chi connectivity index (χ1v) is 6.83. The number of carbonyl (C=O) groups excluding carboxylic acids is 1. The van der Waals surface area contributed by atoms with E-state index in [-0.39, 0.29) is 17.7 Å². The Kier molecular flexibility index (Phi) is 4.12. The maximum Gasteiger partial charge on any atom is 0.290 e. The number of rotatable bonds is 4. The number of hydrogen-bond acceptors (Lipinski definition) is 6. The smallest absolute Gasteiger partial charge is 0.290 e. The Labute approximate surface area is 125 Å². The molecule has 22 heavy (non-hydrogen) atoms. The van der Waals surface area contributed by atoms with E-state index in [9.17, 15) is 9.18 Å². The van der Waals surface area contributed by atoms with E-state index < -0.39 is 5.91 Å². The Morgan fingerprint density at radius 3 is 2.86 bits per heavy atom. The highest BCUT2D eigenvalue weighted by Crippen LogP contribution is 2.23.